The Kier molecular flexibility index (Phi) is 3.72. The molecular weight excluding hydrogens is 357 g/mol. The summed E-state index contributed by atoms with van der Waals surface area (Å²) in [6.07, 6.45) is 3.45. The van der Waals surface area contributed by atoms with Crippen LogP contribution < -0.4 is 5.32 Å². The number of aromatic nitrogens is 5. The maximum atomic E-state index is 13.1. The van der Waals surface area contributed by atoms with Gasteiger partial charge in [0.2, 0.25) is 0 Å². The van der Waals surface area contributed by atoms with E-state index in [1.807, 2.05) is 12.3 Å². The monoisotopic (exact) mass is 378 g/mol. The van der Waals surface area contributed by atoms with Crippen LogP contribution in [0, 0.1) is 5.92 Å². The summed E-state index contributed by atoms with van der Waals surface area (Å²) in [5, 5.41) is 12.4. The first-order valence-corrected chi connectivity index (χ1v) is 9.46. The van der Waals surface area contributed by atoms with E-state index in [1.165, 1.54) is 0 Å². The summed E-state index contributed by atoms with van der Waals surface area (Å²) < 4.78 is 40.9. The van der Waals surface area contributed by atoms with Crippen molar-refractivity contribution in [2.45, 2.75) is 56.2 Å². The van der Waals surface area contributed by atoms with Crippen molar-refractivity contribution in [2.24, 2.45) is 5.92 Å². The number of alkyl halides is 3. The molecule has 2 aliphatic carbocycles. The summed E-state index contributed by atoms with van der Waals surface area (Å²) in [4.78, 5) is 7.43. The van der Waals surface area contributed by atoms with Gasteiger partial charge in [0.05, 0.1) is 5.69 Å². The highest BCUT2D eigenvalue weighted by Gasteiger charge is 2.63. The zero-order valence-corrected chi connectivity index (χ0v) is 14.8. The molecule has 9 heteroatoms. The number of hydrogen-bond donors (Lipinski definition) is 2. The van der Waals surface area contributed by atoms with Gasteiger partial charge in [0.1, 0.15) is 23.0 Å². The van der Waals surface area contributed by atoms with Crippen LogP contribution in [0.3, 0.4) is 0 Å². The fourth-order valence-corrected chi connectivity index (χ4v) is 4.36. The van der Waals surface area contributed by atoms with E-state index in [2.05, 4.69) is 25.6 Å². The highest BCUT2D eigenvalue weighted by Crippen LogP contribution is 2.49. The molecule has 3 heterocycles. The maximum absolute atomic E-state index is 13.1. The lowest BCUT2D eigenvalue weighted by Crippen LogP contribution is -2.47. The average Bonchev–Trinajstić information content (AvgIpc) is 3.11. The smallest absolute Gasteiger partial charge is 0.346 e. The van der Waals surface area contributed by atoms with Gasteiger partial charge < -0.3 is 10.3 Å². The summed E-state index contributed by atoms with van der Waals surface area (Å²) >= 11 is 0. The normalized spacial score (nSPS) is 25.3. The van der Waals surface area contributed by atoms with Gasteiger partial charge in [-0.2, -0.15) is 13.2 Å². The van der Waals surface area contributed by atoms with E-state index < -0.39 is 11.7 Å². The van der Waals surface area contributed by atoms with Crippen LogP contribution in [0.1, 0.15) is 50.1 Å². The minimum absolute atomic E-state index is 0.207. The standard InChI is InChI=1S/C18H21F3N6/c19-18(20,21)17(6-7-17)24-9-11-1-3-12(4-2-11)14-15-13-5-8-22-16(13)23-10-27(15)26-25-14/h5,8,10-12,22,24H,1-4,6-7,9H2/t11-,12-. The third kappa shape index (κ3) is 2.79. The maximum Gasteiger partial charge on any atom is 0.406 e. The van der Waals surface area contributed by atoms with Crippen molar-refractivity contribution < 1.29 is 13.2 Å². The van der Waals surface area contributed by atoms with Crippen LogP contribution in [0.4, 0.5) is 13.2 Å². The molecule has 0 aliphatic heterocycles. The Morgan fingerprint density at radius 3 is 2.70 bits per heavy atom. The van der Waals surface area contributed by atoms with E-state index in [0.29, 0.717) is 6.54 Å². The predicted octanol–water partition coefficient (Wildman–Crippen LogP) is 3.56. The molecule has 0 saturated heterocycles. The lowest BCUT2D eigenvalue weighted by atomic mass is 9.80. The highest BCUT2D eigenvalue weighted by molar-refractivity contribution is 5.92. The van der Waals surface area contributed by atoms with Crippen molar-refractivity contribution in [2.75, 3.05) is 6.54 Å². The van der Waals surface area contributed by atoms with Gasteiger partial charge in [0.15, 0.2) is 0 Å². The minimum Gasteiger partial charge on any atom is -0.346 e. The summed E-state index contributed by atoms with van der Waals surface area (Å²) in [6, 6.07) is 1.98. The van der Waals surface area contributed by atoms with Crippen molar-refractivity contribution in [3.63, 3.8) is 0 Å². The van der Waals surface area contributed by atoms with Crippen molar-refractivity contribution in [3.05, 3.63) is 24.3 Å². The van der Waals surface area contributed by atoms with Gasteiger partial charge in [-0.3, -0.25) is 0 Å². The third-order valence-electron chi connectivity index (χ3n) is 6.25. The summed E-state index contributed by atoms with van der Waals surface area (Å²) in [5.74, 6) is 0.577. The van der Waals surface area contributed by atoms with Crippen LogP contribution >= 0.6 is 0 Å². The van der Waals surface area contributed by atoms with Crippen LogP contribution in [0.2, 0.25) is 0 Å². The molecule has 6 nitrogen and oxygen atoms in total. The fourth-order valence-electron chi connectivity index (χ4n) is 4.36. The molecule has 0 atom stereocenters. The third-order valence-corrected chi connectivity index (χ3v) is 6.25. The largest absolute Gasteiger partial charge is 0.406 e. The Hall–Kier alpha value is -2.16. The number of rotatable bonds is 4. The first-order chi connectivity index (χ1) is 13.0. The van der Waals surface area contributed by atoms with Gasteiger partial charge in [0.25, 0.3) is 0 Å². The van der Waals surface area contributed by atoms with Gasteiger partial charge in [-0.25, -0.2) is 9.50 Å². The lowest BCUT2D eigenvalue weighted by molar-refractivity contribution is -0.166. The molecule has 2 fully saturated rings. The first-order valence-electron chi connectivity index (χ1n) is 9.46. The van der Waals surface area contributed by atoms with Crippen molar-refractivity contribution in [1.82, 2.24) is 30.1 Å². The van der Waals surface area contributed by atoms with Crippen LogP contribution in [0.25, 0.3) is 16.6 Å². The van der Waals surface area contributed by atoms with E-state index >= 15 is 0 Å². The Balaban J connectivity index is 1.27. The van der Waals surface area contributed by atoms with Gasteiger partial charge in [-0.15, -0.1) is 5.10 Å². The molecule has 2 saturated carbocycles. The second kappa shape index (κ2) is 5.92. The topological polar surface area (TPSA) is 70.9 Å². The molecule has 0 bridgehead atoms. The number of halogens is 3. The number of fused-ring (bicyclic) bond motifs is 3. The number of H-pyrrole nitrogens is 1. The summed E-state index contributed by atoms with van der Waals surface area (Å²) in [6.45, 7) is 0.445. The second-order valence-electron chi connectivity index (χ2n) is 7.93. The minimum atomic E-state index is -4.14. The van der Waals surface area contributed by atoms with E-state index in [1.54, 1.807) is 10.8 Å². The summed E-state index contributed by atoms with van der Waals surface area (Å²) in [7, 11) is 0. The fraction of sp³-hybridized carbons (Fsp3) is 0.611. The van der Waals surface area contributed by atoms with Crippen molar-refractivity contribution in [1.29, 1.82) is 0 Å². The molecule has 0 amide bonds. The molecule has 0 spiro atoms. The number of nitrogens with zero attached hydrogens (tertiary/aromatic N) is 4. The van der Waals surface area contributed by atoms with Crippen molar-refractivity contribution >= 4 is 16.6 Å². The zero-order valence-electron chi connectivity index (χ0n) is 14.8. The van der Waals surface area contributed by atoms with E-state index in [9.17, 15) is 13.2 Å². The molecule has 0 unspecified atom stereocenters. The molecule has 3 aromatic rings. The zero-order chi connectivity index (χ0) is 18.6. The molecule has 2 aliphatic rings. The summed E-state index contributed by atoms with van der Waals surface area (Å²) in [5.41, 5.74) is 1.16. The molecule has 2 N–H and O–H groups in total. The molecule has 27 heavy (non-hydrogen) atoms. The van der Waals surface area contributed by atoms with Gasteiger partial charge in [-0.1, -0.05) is 5.21 Å². The van der Waals surface area contributed by atoms with Crippen LogP contribution in [0.5, 0.6) is 0 Å². The molecule has 144 valence electrons. The number of nitrogens with one attached hydrogen (secondary N) is 2. The predicted molar refractivity (Wildman–Crippen MR) is 93.4 cm³/mol. The SMILES string of the molecule is FC(F)(F)C1(NC[C@H]2CC[C@H](c3nnn4cnc5[nH]ccc5c34)CC2)CC1. The van der Waals surface area contributed by atoms with Crippen LogP contribution in [0.15, 0.2) is 18.6 Å². The van der Waals surface area contributed by atoms with Crippen LogP contribution in [-0.4, -0.2) is 43.1 Å². The molecule has 0 aromatic carbocycles. The average molecular weight is 378 g/mol. The van der Waals surface area contributed by atoms with Crippen molar-refractivity contribution in [3.8, 4) is 0 Å². The molecule has 0 radical (unpaired) electrons. The Morgan fingerprint density at radius 1 is 1.22 bits per heavy atom. The molecule has 3 aromatic heterocycles. The number of aromatic amines is 1. The Labute approximate surface area is 153 Å². The van der Waals surface area contributed by atoms with E-state index in [4.69, 9.17) is 0 Å². The number of hydrogen-bond acceptors (Lipinski definition) is 4. The Morgan fingerprint density at radius 2 is 2.00 bits per heavy atom. The van der Waals surface area contributed by atoms with E-state index in [-0.39, 0.29) is 24.7 Å². The quantitative estimate of drug-likeness (QED) is 0.728. The lowest BCUT2D eigenvalue weighted by Gasteiger charge is -2.30. The van der Waals surface area contributed by atoms with Gasteiger partial charge >= 0.3 is 6.18 Å². The van der Waals surface area contributed by atoms with Crippen LogP contribution in [-0.2, 0) is 0 Å². The van der Waals surface area contributed by atoms with Gasteiger partial charge in [-0.05, 0) is 57.1 Å². The first kappa shape index (κ1) is 17.0. The van der Waals surface area contributed by atoms with E-state index in [0.717, 1.165) is 47.9 Å². The van der Waals surface area contributed by atoms with Gasteiger partial charge in [0, 0.05) is 17.5 Å². The Bertz CT molecular complexity index is 962. The molecule has 5 rings (SSSR count). The molecular formula is C18H21F3N6. The highest BCUT2D eigenvalue weighted by atomic mass is 19.4. The second-order valence-corrected chi connectivity index (χ2v) is 7.93.